The number of fused-ring (bicyclic) bond motifs is 1. The third-order valence-corrected chi connectivity index (χ3v) is 13.0. The highest BCUT2D eigenvalue weighted by molar-refractivity contribution is 5.98. The molecule has 0 radical (unpaired) electrons. The number of aromatic nitrogens is 3. The number of phenolic OH excluding ortho intramolecular Hbond substituents is 1. The molecule has 0 unspecified atom stereocenters. The van der Waals surface area contributed by atoms with Gasteiger partial charge in [0.1, 0.15) is 11.6 Å². The summed E-state index contributed by atoms with van der Waals surface area (Å²) in [5.41, 5.74) is 15.3. The van der Waals surface area contributed by atoms with Crippen molar-refractivity contribution < 1.29 is 10.6 Å². The molecular weight excluding hydrogens is 803 g/mol. The molecule has 0 amide bonds. The number of phenols is 1. The molecule has 338 valence electrons. The number of imidazole rings is 1. The first kappa shape index (κ1) is 41.2. The van der Waals surface area contributed by atoms with Gasteiger partial charge in [0.05, 0.1) is 28.0 Å². The summed E-state index contributed by atoms with van der Waals surface area (Å²) < 4.78 is 35.0. The van der Waals surface area contributed by atoms with E-state index in [0.29, 0.717) is 17.0 Å². The fourth-order valence-electron chi connectivity index (χ4n) is 8.78. The van der Waals surface area contributed by atoms with Crippen LogP contribution in [0.4, 0.5) is 0 Å². The molecule has 4 nitrogen and oxygen atoms in total. The lowest BCUT2D eigenvalue weighted by Crippen LogP contribution is -2.17. The summed E-state index contributed by atoms with van der Waals surface area (Å²) in [7, 11) is 0. The van der Waals surface area contributed by atoms with Gasteiger partial charge in [0.15, 0.2) is 0 Å². The maximum atomic E-state index is 12.6. The van der Waals surface area contributed by atoms with Crippen molar-refractivity contribution in [1.29, 1.82) is 0 Å². The van der Waals surface area contributed by atoms with Crippen LogP contribution in [0.3, 0.4) is 0 Å². The lowest BCUT2D eigenvalue weighted by atomic mass is 9.79. The summed E-state index contributed by atoms with van der Waals surface area (Å²) in [6.07, 6.45) is 1.81. The van der Waals surface area contributed by atoms with Gasteiger partial charge in [-0.05, 0) is 127 Å². The second kappa shape index (κ2) is 16.9. The topological polar surface area (TPSA) is 50.9 Å². The number of hydrogen-bond acceptors (Lipinski definition) is 3. The van der Waals surface area contributed by atoms with Crippen LogP contribution < -0.4 is 0 Å². The molecule has 0 spiro atoms. The van der Waals surface area contributed by atoms with Crippen LogP contribution in [0.15, 0.2) is 134 Å². The van der Waals surface area contributed by atoms with Crippen molar-refractivity contribution in [2.24, 2.45) is 0 Å². The Morgan fingerprint density at radius 1 is 0.545 bits per heavy atom. The molecule has 0 atom stereocenters. The van der Waals surface area contributed by atoms with Crippen molar-refractivity contribution in [2.75, 3.05) is 0 Å². The quantitative estimate of drug-likeness (QED) is 0.174. The predicted octanol–water partition coefficient (Wildman–Crippen LogP) is 17.1. The van der Waals surface area contributed by atoms with Crippen molar-refractivity contribution in [3.63, 3.8) is 0 Å². The highest BCUT2D eigenvalue weighted by Gasteiger charge is 2.30. The number of aromatic hydroxyl groups is 1. The zero-order chi connectivity index (χ0) is 51.1. The smallest absolute Gasteiger partial charge is 0.149 e. The predicted molar refractivity (Wildman–Crippen MR) is 281 cm³/mol. The number of aryl methyl sites for hydroxylation is 1. The van der Waals surface area contributed by atoms with E-state index in [9.17, 15) is 5.11 Å². The number of hydrogen-bond donors (Lipinski definition) is 1. The van der Waals surface area contributed by atoms with Gasteiger partial charge in [0.2, 0.25) is 0 Å². The molecule has 8 rings (SSSR count). The van der Waals surface area contributed by atoms with E-state index in [2.05, 4.69) is 185 Å². The summed E-state index contributed by atoms with van der Waals surface area (Å²) in [5, 5.41) is 12.6. The highest BCUT2D eigenvalue weighted by Crippen LogP contribution is 2.46. The molecule has 0 aliphatic carbocycles. The lowest BCUT2D eigenvalue weighted by molar-refractivity contribution is 0.446. The van der Waals surface area contributed by atoms with Crippen molar-refractivity contribution in [3.05, 3.63) is 167 Å². The van der Waals surface area contributed by atoms with Gasteiger partial charge < -0.3 is 5.11 Å². The standard InChI is InChI=1S/C62H69N3O/c1-38(2)42-25-28-54(50(34-42)41-23-26-46(27-24-41)59(4,5)6)65-55-18-16-17-49(56(55)64-58(65)51-36-48(61(10,11)12)37-52(57(51)66)62(13,14)15)44-31-45(33-47(32-44)60(7,8)9)53-35-43(29-30-63-53)40-21-19-39(3)20-22-40/h16-38,66H,1-15H3/i3D3,38D. The second-order valence-electron chi connectivity index (χ2n) is 22.5. The van der Waals surface area contributed by atoms with E-state index in [0.717, 1.165) is 83.6 Å². The molecule has 2 heterocycles. The number of pyridine rings is 1. The van der Waals surface area contributed by atoms with Gasteiger partial charge in [0.25, 0.3) is 0 Å². The van der Waals surface area contributed by atoms with Crippen LogP contribution in [0.25, 0.3) is 72.7 Å². The molecule has 6 aromatic carbocycles. The van der Waals surface area contributed by atoms with Gasteiger partial charge in [-0.25, -0.2) is 4.98 Å². The van der Waals surface area contributed by atoms with Gasteiger partial charge >= 0.3 is 0 Å². The van der Waals surface area contributed by atoms with E-state index in [-0.39, 0.29) is 27.4 Å². The van der Waals surface area contributed by atoms with Crippen molar-refractivity contribution in [1.82, 2.24) is 14.5 Å². The molecular formula is C62H69N3O. The van der Waals surface area contributed by atoms with E-state index < -0.39 is 12.7 Å². The summed E-state index contributed by atoms with van der Waals surface area (Å²) in [4.78, 5) is 10.6. The largest absolute Gasteiger partial charge is 0.507 e. The third-order valence-electron chi connectivity index (χ3n) is 13.0. The SMILES string of the molecule is [2H]C([2H])([2H])c1ccc(-c2ccnc(-c3cc(-c4cccc5c4nc(-c4cc(C(C)(C)C)cc(C(C)(C)C)c4O)n5-c4ccc(C([2H])(C)C)cc4-c4ccc(C(C)(C)C)cc4)cc(C(C)(C)C)c3)c2)cc1. The van der Waals surface area contributed by atoms with E-state index in [1.165, 1.54) is 5.56 Å². The average Bonchev–Trinajstić information content (AvgIpc) is 3.66. The Labute approximate surface area is 400 Å². The fraction of sp³-hybridized carbons (Fsp3) is 0.323. The lowest BCUT2D eigenvalue weighted by Gasteiger charge is -2.27. The average molecular weight is 876 g/mol. The number of para-hydroxylation sites is 1. The minimum Gasteiger partial charge on any atom is -0.507 e. The second-order valence-corrected chi connectivity index (χ2v) is 22.5. The van der Waals surface area contributed by atoms with Crippen LogP contribution in [-0.2, 0) is 21.7 Å². The molecule has 4 heteroatoms. The van der Waals surface area contributed by atoms with Crippen LogP contribution in [-0.4, -0.2) is 19.6 Å². The first-order chi connectivity index (χ1) is 32.4. The van der Waals surface area contributed by atoms with Crippen LogP contribution in [0, 0.1) is 6.85 Å². The summed E-state index contributed by atoms with van der Waals surface area (Å²) >= 11 is 0. The summed E-state index contributed by atoms with van der Waals surface area (Å²) in [6, 6.07) is 43.5. The van der Waals surface area contributed by atoms with Gasteiger partial charge in [-0.3, -0.25) is 9.55 Å². The monoisotopic (exact) mass is 876 g/mol. The Balaban J connectivity index is 1.44. The Morgan fingerprint density at radius 2 is 1.18 bits per heavy atom. The molecule has 0 aliphatic heterocycles. The molecule has 0 fully saturated rings. The minimum absolute atomic E-state index is 0.0326. The number of nitrogens with zero attached hydrogens (tertiary/aromatic N) is 3. The van der Waals surface area contributed by atoms with Crippen LogP contribution in [0.1, 0.15) is 142 Å². The molecule has 66 heavy (non-hydrogen) atoms. The zero-order valence-electron chi connectivity index (χ0n) is 45.5. The highest BCUT2D eigenvalue weighted by atomic mass is 16.3. The van der Waals surface area contributed by atoms with Gasteiger partial charge in [-0.1, -0.05) is 181 Å². The third kappa shape index (κ3) is 9.12. The Kier molecular flexibility index (Phi) is 10.5. The minimum atomic E-state index is -2.18. The van der Waals surface area contributed by atoms with Crippen LogP contribution in [0.5, 0.6) is 5.75 Å². The molecule has 0 bridgehead atoms. The zero-order valence-corrected chi connectivity index (χ0v) is 41.5. The van der Waals surface area contributed by atoms with E-state index in [4.69, 9.17) is 15.5 Å². The summed E-state index contributed by atoms with van der Waals surface area (Å²) in [6.45, 7) is 28.0. The maximum absolute atomic E-state index is 12.6. The first-order valence-electron chi connectivity index (χ1n) is 25.3. The summed E-state index contributed by atoms with van der Waals surface area (Å²) in [5.74, 6) is -0.0382. The molecule has 0 saturated heterocycles. The fourth-order valence-corrected chi connectivity index (χ4v) is 8.78. The number of rotatable bonds is 7. The molecule has 8 aromatic rings. The van der Waals surface area contributed by atoms with Crippen molar-refractivity contribution in [3.8, 4) is 67.5 Å². The van der Waals surface area contributed by atoms with E-state index in [1.54, 1.807) is 12.1 Å². The van der Waals surface area contributed by atoms with E-state index in [1.807, 2.05) is 38.2 Å². The normalized spacial score (nSPS) is 13.9. The Bertz CT molecular complexity index is 3250. The van der Waals surface area contributed by atoms with Gasteiger partial charge in [-0.2, -0.15) is 0 Å². The van der Waals surface area contributed by atoms with Crippen LogP contribution >= 0.6 is 0 Å². The van der Waals surface area contributed by atoms with Crippen LogP contribution in [0.2, 0.25) is 0 Å². The molecule has 1 N–H and O–H groups in total. The van der Waals surface area contributed by atoms with Crippen molar-refractivity contribution in [2.45, 2.75) is 131 Å². The first-order valence-corrected chi connectivity index (χ1v) is 23.3. The van der Waals surface area contributed by atoms with Gasteiger partial charge in [0, 0.05) is 33.9 Å². The van der Waals surface area contributed by atoms with Crippen molar-refractivity contribution >= 4 is 11.0 Å². The van der Waals surface area contributed by atoms with Gasteiger partial charge in [-0.15, -0.1) is 0 Å². The number of benzene rings is 6. The maximum Gasteiger partial charge on any atom is 0.149 e. The Morgan fingerprint density at radius 3 is 1.80 bits per heavy atom. The molecule has 2 aromatic heterocycles. The molecule has 0 aliphatic rings. The Hall–Kier alpha value is -6.26. The van der Waals surface area contributed by atoms with E-state index >= 15 is 0 Å². The molecule has 0 saturated carbocycles.